The Labute approximate surface area is 181 Å². The lowest BCUT2D eigenvalue weighted by Gasteiger charge is -2.17. The largest absolute Gasteiger partial charge is 0.508 e. The molecule has 3 N–H and O–H groups in total. The van der Waals surface area contributed by atoms with Gasteiger partial charge in [-0.15, -0.1) is 0 Å². The number of ether oxygens (including phenoxy) is 1. The quantitative estimate of drug-likeness (QED) is 0.306. The number of aliphatic carboxylic acids is 1. The van der Waals surface area contributed by atoms with E-state index < -0.39 is 5.97 Å². The number of carboxylic acid groups (broad SMARTS) is 1. The first-order valence-corrected chi connectivity index (χ1v) is 10.2. The van der Waals surface area contributed by atoms with Gasteiger partial charge in [0.2, 0.25) is 0 Å². The van der Waals surface area contributed by atoms with Crippen LogP contribution < -0.4 is 4.74 Å². The molecular formula is C26H26O5. The molecule has 0 bridgehead atoms. The minimum Gasteiger partial charge on any atom is -0.508 e. The molecule has 0 aliphatic heterocycles. The van der Waals surface area contributed by atoms with Crippen molar-refractivity contribution >= 4 is 17.1 Å². The van der Waals surface area contributed by atoms with E-state index in [2.05, 4.69) is 6.92 Å². The third-order valence-corrected chi connectivity index (χ3v) is 4.95. The molecule has 0 atom stereocenters. The first-order chi connectivity index (χ1) is 15.0. The number of hydrogen-bond donors (Lipinski definition) is 3. The van der Waals surface area contributed by atoms with Crippen LogP contribution in [-0.2, 0) is 4.79 Å². The second-order valence-electron chi connectivity index (χ2n) is 7.17. The molecule has 0 heterocycles. The van der Waals surface area contributed by atoms with Crippen LogP contribution in [0.15, 0.2) is 72.8 Å². The average molecular weight is 418 g/mol. The second kappa shape index (κ2) is 10.3. The van der Waals surface area contributed by atoms with Crippen molar-refractivity contribution in [3.8, 4) is 17.2 Å². The Bertz CT molecular complexity index is 1000. The van der Waals surface area contributed by atoms with Gasteiger partial charge >= 0.3 is 5.97 Å². The number of carboxylic acids is 1. The van der Waals surface area contributed by atoms with Crippen LogP contribution in [0.5, 0.6) is 17.2 Å². The van der Waals surface area contributed by atoms with Gasteiger partial charge in [0.05, 0.1) is 6.61 Å². The summed E-state index contributed by atoms with van der Waals surface area (Å²) in [6.45, 7) is 2.42. The molecule has 0 aliphatic carbocycles. The summed E-state index contributed by atoms with van der Waals surface area (Å²) >= 11 is 0. The number of phenolic OH excluding ortho intramolecular Hbond substituents is 2. The van der Waals surface area contributed by atoms with Gasteiger partial charge in [-0.2, -0.15) is 0 Å². The third kappa shape index (κ3) is 5.89. The maximum atomic E-state index is 10.7. The normalized spacial score (nSPS) is 10.5. The molecule has 3 rings (SSSR count). The van der Waals surface area contributed by atoms with E-state index in [1.807, 2.05) is 48.5 Å². The van der Waals surface area contributed by atoms with E-state index in [9.17, 15) is 15.0 Å². The molecule has 0 saturated heterocycles. The van der Waals surface area contributed by atoms with Crippen LogP contribution in [0.4, 0.5) is 0 Å². The van der Waals surface area contributed by atoms with Crippen LogP contribution in [0.3, 0.4) is 0 Å². The topological polar surface area (TPSA) is 87.0 Å². The predicted octanol–water partition coefficient (Wildman–Crippen LogP) is 5.71. The third-order valence-electron chi connectivity index (χ3n) is 4.95. The van der Waals surface area contributed by atoms with Crippen molar-refractivity contribution in [2.75, 3.05) is 6.61 Å². The lowest BCUT2D eigenvalue weighted by atomic mass is 9.88. The van der Waals surface area contributed by atoms with Crippen LogP contribution >= 0.6 is 0 Å². The molecule has 160 valence electrons. The Balaban J connectivity index is 2.03. The lowest BCUT2D eigenvalue weighted by molar-refractivity contribution is -0.137. The number of phenols is 2. The maximum Gasteiger partial charge on any atom is 0.303 e. The van der Waals surface area contributed by atoms with Crippen LogP contribution in [0.2, 0.25) is 0 Å². The molecule has 0 aromatic heterocycles. The van der Waals surface area contributed by atoms with Gasteiger partial charge < -0.3 is 20.1 Å². The van der Waals surface area contributed by atoms with Crippen molar-refractivity contribution < 1.29 is 24.9 Å². The predicted molar refractivity (Wildman–Crippen MR) is 121 cm³/mol. The molecule has 5 heteroatoms. The van der Waals surface area contributed by atoms with Gasteiger partial charge in [0.1, 0.15) is 17.2 Å². The van der Waals surface area contributed by atoms with Crippen LogP contribution in [0.1, 0.15) is 42.9 Å². The molecule has 0 radical (unpaired) electrons. The molecule has 0 aliphatic rings. The summed E-state index contributed by atoms with van der Waals surface area (Å²) in [4.78, 5) is 10.7. The van der Waals surface area contributed by atoms with Crippen molar-refractivity contribution in [2.45, 2.75) is 26.2 Å². The van der Waals surface area contributed by atoms with Gasteiger partial charge in [-0.3, -0.25) is 4.79 Å². The van der Waals surface area contributed by atoms with Crippen molar-refractivity contribution in [3.05, 3.63) is 89.5 Å². The summed E-state index contributed by atoms with van der Waals surface area (Å²) in [5.74, 6) is 0.248. The van der Waals surface area contributed by atoms with Crippen LogP contribution in [0.25, 0.3) is 11.1 Å². The Kier molecular flexibility index (Phi) is 7.33. The number of aromatic hydroxyl groups is 2. The van der Waals surface area contributed by atoms with Gasteiger partial charge in [0.25, 0.3) is 0 Å². The number of allylic oxidation sites excluding steroid dienone is 1. The van der Waals surface area contributed by atoms with E-state index >= 15 is 0 Å². The molecule has 31 heavy (non-hydrogen) atoms. The van der Waals surface area contributed by atoms with Gasteiger partial charge in [0.15, 0.2) is 0 Å². The van der Waals surface area contributed by atoms with Crippen LogP contribution in [0, 0.1) is 0 Å². The highest BCUT2D eigenvalue weighted by molar-refractivity contribution is 5.98. The number of hydrogen-bond acceptors (Lipinski definition) is 4. The fraction of sp³-hybridized carbons (Fsp3) is 0.192. The molecule has 0 amide bonds. The van der Waals surface area contributed by atoms with E-state index in [1.165, 1.54) is 0 Å². The monoisotopic (exact) mass is 418 g/mol. The molecule has 3 aromatic rings. The minimum absolute atomic E-state index is 0.0751. The fourth-order valence-corrected chi connectivity index (χ4v) is 3.48. The first kappa shape index (κ1) is 22.0. The van der Waals surface area contributed by atoms with Gasteiger partial charge in [-0.05, 0) is 77.1 Å². The van der Waals surface area contributed by atoms with E-state index in [1.54, 1.807) is 24.3 Å². The van der Waals surface area contributed by atoms with Gasteiger partial charge in [-0.1, -0.05) is 43.3 Å². The van der Waals surface area contributed by atoms with Crippen molar-refractivity contribution in [2.24, 2.45) is 0 Å². The average Bonchev–Trinajstić information content (AvgIpc) is 2.77. The Morgan fingerprint density at radius 1 is 0.839 bits per heavy atom. The maximum absolute atomic E-state index is 10.7. The molecule has 0 saturated carbocycles. The van der Waals surface area contributed by atoms with Crippen molar-refractivity contribution in [3.63, 3.8) is 0 Å². The number of rotatable bonds is 9. The minimum atomic E-state index is -0.832. The summed E-state index contributed by atoms with van der Waals surface area (Å²) in [5, 5.41) is 28.2. The van der Waals surface area contributed by atoms with E-state index in [4.69, 9.17) is 9.84 Å². The zero-order valence-corrected chi connectivity index (χ0v) is 17.4. The molecular weight excluding hydrogens is 392 g/mol. The summed E-state index contributed by atoms with van der Waals surface area (Å²) in [6, 6.07) is 21.9. The van der Waals surface area contributed by atoms with E-state index in [0.717, 1.165) is 34.3 Å². The zero-order valence-electron chi connectivity index (χ0n) is 17.4. The lowest BCUT2D eigenvalue weighted by Crippen LogP contribution is -2.02. The number of carbonyl (C=O) groups is 1. The van der Waals surface area contributed by atoms with E-state index in [0.29, 0.717) is 18.8 Å². The second-order valence-corrected chi connectivity index (χ2v) is 7.17. The number of benzene rings is 3. The first-order valence-electron chi connectivity index (χ1n) is 10.2. The summed E-state index contributed by atoms with van der Waals surface area (Å²) < 4.78 is 5.76. The Morgan fingerprint density at radius 2 is 1.42 bits per heavy atom. The van der Waals surface area contributed by atoms with E-state index in [-0.39, 0.29) is 17.9 Å². The highest BCUT2D eigenvalue weighted by Crippen LogP contribution is 2.36. The van der Waals surface area contributed by atoms with Crippen molar-refractivity contribution in [1.29, 1.82) is 0 Å². The molecule has 0 fully saturated rings. The Morgan fingerprint density at radius 3 is 1.94 bits per heavy atom. The SMILES string of the molecule is CCC(=C(c1ccc(O)cc1)c1ccc(O)cc1)c1cccc(OCCCC(=O)O)c1. The molecule has 0 unspecified atom stereocenters. The molecule has 3 aromatic carbocycles. The van der Waals surface area contributed by atoms with Crippen LogP contribution in [-0.4, -0.2) is 27.9 Å². The summed E-state index contributed by atoms with van der Waals surface area (Å²) in [5.41, 5.74) is 4.99. The highest BCUT2D eigenvalue weighted by Gasteiger charge is 2.14. The Hall–Kier alpha value is -3.73. The molecule has 0 spiro atoms. The zero-order chi connectivity index (χ0) is 22.2. The van der Waals surface area contributed by atoms with Crippen molar-refractivity contribution in [1.82, 2.24) is 0 Å². The fourth-order valence-electron chi connectivity index (χ4n) is 3.48. The standard InChI is InChI=1S/C26H26O5/c1-2-24(20-5-3-6-23(17-20)31-16-4-7-25(29)30)26(18-8-12-21(27)13-9-18)19-10-14-22(28)15-11-19/h3,5-6,8-15,17,27-28H,2,4,7,16H2,1H3,(H,29,30). The summed E-state index contributed by atoms with van der Waals surface area (Å²) in [6.07, 6.45) is 1.27. The van der Waals surface area contributed by atoms with Gasteiger partial charge in [0, 0.05) is 6.42 Å². The molecule has 5 nitrogen and oxygen atoms in total. The smallest absolute Gasteiger partial charge is 0.303 e. The highest BCUT2D eigenvalue weighted by atomic mass is 16.5. The van der Waals surface area contributed by atoms with Gasteiger partial charge in [-0.25, -0.2) is 0 Å². The summed E-state index contributed by atoms with van der Waals surface area (Å²) in [7, 11) is 0.